The molecule has 0 aromatic heterocycles. The van der Waals surface area contributed by atoms with E-state index < -0.39 is 0 Å². The van der Waals surface area contributed by atoms with E-state index >= 15 is 0 Å². The molecule has 94 valence electrons. The summed E-state index contributed by atoms with van der Waals surface area (Å²) in [6.07, 6.45) is 2.98. The molecule has 2 saturated carbocycles. The molecule has 0 aromatic carbocycles. The van der Waals surface area contributed by atoms with Gasteiger partial charge in [0.25, 0.3) is 0 Å². The molecule has 4 heteroatoms. The minimum Gasteiger partial charge on any atom is -0.496 e. The fourth-order valence-electron chi connectivity index (χ4n) is 3.98. The van der Waals surface area contributed by atoms with Gasteiger partial charge in [0.05, 0.1) is 25.6 Å². The highest BCUT2D eigenvalue weighted by molar-refractivity contribution is 5.65. The van der Waals surface area contributed by atoms with Crippen molar-refractivity contribution in [2.45, 2.75) is 25.6 Å². The molecule has 1 heterocycles. The van der Waals surface area contributed by atoms with Crippen molar-refractivity contribution < 1.29 is 19.0 Å². The first-order valence-electron chi connectivity index (χ1n) is 6.23. The van der Waals surface area contributed by atoms with Gasteiger partial charge in [-0.05, 0) is 18.3 Å². The van der Waals surface area contributed by atoms with Gasteiger partial charge in [0, 0.05) is 18.8 Å². The summed E-state index contributed by atoms with van der Waals surface area (Å²) in [5.41, 5.74) is 0. The van der Waals surface area contributed by atoms with Gasteiger partial charge in [-0.3, -0.25) is 4.79 Å². The summed E-state index contributed by atoms with van der Waals surface area (Å²) in [5, 5.41) is 0. The molecule has 1 aliphatic heterocycles. The SMILES string of the molecule is C=COC1C2CC3C(COC31)C2COC(C)=O. The van der Waals surface area contributed by atoms with Crippen LogP contribution in [0.2, 0.25) is 0 Å². The second-order valence-electron chi connectivity index (χ2n) is 5.26. The van der Waals surface area contributed by atoms with Crippen LogP contribution in [0.25, 0.3) is 0 Å². The molecular weight excluding hydrogens is 220 g/mol. The Labute approximate surface area is 101 Å². The highest BCUT2D eigenvalue weighted by Gasteiger charge is 2.63. The molecule has 0 aromatic rings. The zero-order valence-electron chi connectivity index (χ0n) is 10.0. The van der Waals surface area contributed by atoms with Crippen molar-refractivity contribution in [2.24, 2.45) is 23.7 Å². The normalized spacial score (nSPS) is 45.9. The molecule has 0 N–H and O–H groups in total. The molecule has 1 saturated heterocycles. The Hall–Kier alpha value is -1.03. The Morgan fingerprint density at radius 2 is 2.29 bits per heavy atom. The fourth-order valence-corrected chi connectivity index (χ4v) is 3.98. The molecule has 3 rings (SSSR count). The lowest BCUT2D eigenvalue weighted by Crippen LogP contribution is -2.40. The van der Waals surface area contributed by atoms with E-state index in [9.17, 15) is 4.79 Å². The lowest BCUT2D eigenvalue weighted by Gasteiger charge is -2.32. The van der Waals surface area contributed by atoms with Crippen LogP contribution in [-0.4, -0.2) is 31.4 Å². The molecule has 0 radical (unpaired) electrons. The molecule has 3 aliphatic rings. The van der Waals surface area contributed by atoms with Crippen LogP contribution < -0.4 is 0 Å². The summed E-state index contributed by atoms with van der Waals surface area (Å²) in [4.78, 5) is 10.9. The topological polar surface area (TPSA) is 44.8 Å². The van der Waals surface area contributed by atoms with Gasteiger partial charge in [-0.1, -0.05) is 6.58 Å². The van der Waals surface area contributed by atoms with Crippen molar-refractivity contribution in [3.05, 3.63) is 12.8 Å². The van der Waals surface area contributed by atoms with Crippen molar-refractivity contribution in [2.75, 3.05) is 13.2 Å². The van der Waals surface area contributed by atoms with Gasteiger partial charge in [0.15, 0.2) is 0 Å². The summed E-state index contributed by atoms with van der Waals surface area (Å²) < 4.78 is 16.6. The minimum absolute atomic E-state index is 0.108. The van der Waals surface area contributed by atoms with E-state index in [1.54, 1.807) is 0 Å². The van der Waals surface area contributed by atoms with Crippen LogP contribution in [0.4, 0.5) is 0 Å². The lowest BCUT2D eigenvalue weighted by atomic mass is 9.79. The van der Waals surface area contributed by atoms with E-state index in [1.807, 2.05) is 0 Å². The average Bonchev–Trinajstić information content (AvgIpc) is 2.87. The minimum atomic E-state index is -0.204. The van der Waals surface area contributed by atoms with Crippen molar-refractivity contribution >= 4 is 5.97 Å². The Morgan fingerprint density at radius 3 is 3.00 bits per heavy atom. The van der Waals surface area contributed by atoms with E-state index in [1.165, 1.54) is 13.2 Å². The predicted octanol–water partition coefficient (Wildman–Crippen LogP) is 1.36. The molecule has 6 unspecified atom stereocenters. The van der Waals surface area contributed by atoms with Gasteiger partial charge in [-0.2, -0.15) is 0 Å². The molecule has 4 nitrogen and oxygen atoms in total. The van der Waals surface area contributed by atoms with E-state index in [-0.39, 0.29) is 18.2 Å². The molecular formula is C13H18O4. The average molecular weight is 238 g/mol. The van der Waals surface area contributed by atoms with Crippen LogP contribution in [0.3, 0.4) is 0 Å². The van der Waals surface area contributed by atoms with Crippen LogP contribution in [0.15, 0.2) is 12.8 Å². The summed E-state index contributed by atoms with van der Waals surface area (Å²) in [7, 11) is 0. The van der Waals surface area contributed by atoms with Crippen molar-refractivity contribution in [3.63, 3.8) is 0 Å². The van der Waals surface area contributed by atoms with Gasteiger partial charge in [0.2, 0.25) is 0 Å². The number of carbonyl (C=O) groups excluding carboxylic acids is 1. The molecule has 2 aliphatic carbocycles. The first-order chi connectivity index (χ1) is 8.22. The Morgan fingerprint density at radius 1 is 1.47 bits per heavy atom. The quantitative estimate of drug-likeness (QED) is 0.548. The Kier molecular flexibility index (Phi) is 2.62. The van der Waals surface area contributed by atoms with Gasteiger partial charge in [-0.15, -0.1) is 0 Å². The molecule has 17 heavy (non-hydrogen) atoms. The standard InChI is InChI=1S/C13H18O4/c1-3-15-12-8-4-9-11(6-17-13(9)12)10(8)5-16-7(2)14/h3,8-13H,1,4-6H2,2H3. The smallest absolute Gasteiger partial charge is 0.302 e. The molecule has 0 spiro atoms. The third-order valence-electron chi connectivity index (χ3n) is 4.58. The summed E-state index contributed by atoms with van der Waals surface area (Å²) in [6.45, 7) is 6.38. The molecule has 2 bridgehead atoms. The van der Waals surface area contributed by atoms with Gasteiger partial charge < -0.3 is 14.2 Å². The Balaban J connectivity index is 1.73. The number of hydrogen-bond donors (Lipinski definition) is 0. The monoisotopic (exact) mass is 238 g/mol. The highest BCUT2D eigenvalue weighted by atomic mass is 16.5. The van der Waals surface area contributed by atoms with Crippen LogP contribution >= 0.6 is 0 Å². The van der Waals surface area contributed by atoms with Gasteiger partial charge in [-0.25, -0.2) is 0 Å². The molecule has 3 fully saturated rings. The number of rotatable bonds is 4. The van der Waals surface area contributed by atoms with E-state index in [2.05, 4.69) is 6.58 Å². The second-order valence-corrected chi connectivity index (χ2v) is 5.26. The largest absolute Gasteiger partial charge is 0.496 e. The second kappa shape index (κ2) is 4.02. The first-order valence-corrected chi connectivity index (χ1v) is 6.23. The van der Waals surface area contributed by atoms with E-state index in [0.717, 1.165) is 13.0 Å². The predicted molar refractivity (Wildman–Crippen MR) is 60.0 cm³/mol. The van der Waals surface area contributed by atoms with Crippen LogP contribution in [-0.2, 0) is 19.0 Å². The summed E-state index contributed by atoms with van der Waals surface area (Å²) >= 11 is 0. The lowest BCUT2D eigenvalue weighted by molar-refractivity contribution is -0.144. The van der Waals surface area contributed by atoms with Crippen LogP contribution in [0.1, 0.15) is 13.3 Å². The van der Waals surface area contributed by atoms with E-state index in [0.29, 0.717) is 30.3 Å². The van der Waals surface area contributed by atoms with Crippen LogP contribution in [0.5, 0.6) is 0 Å². The number of fused-ring (bicyclic) bond motifs is 1. The third kappa shape index (κ3) is 1.58. The number of ether oxygens (including phenoxy) is 3. The fraction of sp³-hybridized carbons (Fsp3) is 0.769. The maximum absolute atomic E-state index is 10.9. The summed E-state index contributed by atoms with van der Waals surface area (Å²) in [6, 6.07) is 0. The van der Waals surface area contributed by atoms with Gasteiger partial charge in [0.1, 0.15) is 6.10 Å². The number of esters is 1. The van der Waals surface area contributed by atoms with Gasteiger partial charge >= 0.3 is 5.97 Å². The van der Waals surface area contributed by atoms with Crippen molar-refractivity contribution in [3.8, 4) is 0 Å². The zero-order valence-corrected chi connectivity index (χ0v) is 10.0. The first kappa shape index (κ1) is 11.1. The Bertz CT molecular complexity index is 340. The molecule has 0 amide bonds. The summed E-state index contributed by atoms with van der Waals surface area (Å²) in [5.74, 6) is 1.78. The third-order valence-corrected chi connectivity index (χ3v) is 4.58. The highest BCUT2D eigenvalue weighted by Crippen LogP contribution is 2.58. The maximum atomic E-state index is 10.9. The van der Waals surface area contributed by atoms with Crippen LogP contribution in [0, 0.1) is 23.7 Å². The van der Waals surface area contributed by atoms with Crippen molar-refractivity contribution in [1.82, 2.24) is 0 Å². The maximum Gasteiger partial charge on any atom is 0.302 e. The molecule has 6 atom stereocenters. The van der Waals surface area contributed by atoms with E-state index in [4.69, 9.17) is 14.2 Å². The number of carbonyl (C=O) groups is 1. The number of hydrogen-bond acceptors (Lipinski definition) is 4. The van der Waals surface area contributed by atoms with Crippen molar-refractivity contribution in [1.29, 1.82) is 0 Å². The zero-order chi connectivity index (χ0) is 12.0.